The fraction of sp³-hybridized carbons (Fsp3) is 0.500. The van der Waals surface area contributed by atoms with Crippen molar-refractivity contribution in [1.82, 2.24) is 9.97 Å². The predicted molar refractivity (Wildman–Crippen MR) is 122 cm³/mol. The molecule has 1 aliphatic carbocycles. The smallest absolute Gasteiger partial charge is 0.232 e. The Bertz CT molecular complexity index is 1040. The summed E-state index contributed by atoms with van der Waals surface area (Å²) in [5, 5.41) is 18.6. The lowest BCUT2D eigenvalue weighted by atomic mass is 10.0. The topological polar surface area (TPSA) is 121 Å². The van der Waals surface area contributed by atoms with Gasteiger partial charge in [-0.15, -0.1) is 0 Å². The molecular formula is C22H28ClN3O5S. The fourth-order valence-corrected chi connectivity index (χ4v) is 5.27. The van der Waals surface area contributed by atoms with Crippen molar-refractivity contribution in [3.8, 4) is 0 Å². The maximum absolute atomic E-state index is 13.2. The van der Waals surface area contributed by atoms with E-state index < -0.39 is 15.9 Å². The monoisotopic (exact) mass is 481 g/mol. The zero-order valence-corrected chi connectivity index (χ0v) is 19.5. The summed E-state index contributed by atoms with van der Waals surface area (Å²) in [6, 6.07) is 4.35. The molecule has 0 bridgehead atoms. The number of hydrogen-bond donors (Lipinski definition) is 2. The Morgan fingerprint density at radius 2 is 1.97 bits per heavy atom. The number of rotatable bonds is 9. The molecule has 8 nitrogen and oxygen atoms in total. The standard InChI is InChI=1S/C22H28ClN3O5S/c1-32(30,31)20-8-7-17(11-19(20)23)26(22(29)9-6-15-4-2-3-5-15)21-13-24-16(12-25-21)10-18(28)14-27/h7-8,11-13,15,18,27-28H,2-6,9-10,14H2,1H3/t18-/m0/s1. The molecule has 0 radical (unpaired) electrons. The minimum absolute atomic E-state index is 0.0132. The number of aliphatic hydroxyl groups excluding tert-OH is 2. The first-order valence-electron chi connectivity index (χ1n) is 10.6. The highest BCUT2D eigenvalue weighted by molar-refractivity contribution is 7.90. The average Bonchev–Trinajstić information content (AvgIpc) is 3.26. The number of nitrogens with zero attached hydrogens (tertiary/aromatic N) is 3. The maximum Gasteiger partial charge on any atom is 0.232 e. The number of hydrogen-bond acceptors (Lipinski definition) is 7. The first-order valence-corrected chi connectivity index (χ1v) is 12.9. The van der Waals surface area contributed by atoms with Crippen LogP contribution in [0.4, 0.5) is 11.5 Å². The molecule has 1 saturated carbocycles. The number of aliphatic hydroxyl groups is 2. The molecule has 0 unspecified atom stereocenters. The van der Waals surface area contributed by atoms with Gasteiger partial charge in [0.25, 0.3) is 0 Å². The van der Waals surface area contributed by atoms with Crippen LogP contribution in [-0.2, 0) is 21.1 Å². The normalized spacial score (nSPS) is 15.6. The molecule has 2 aromatic rings. The number of sulfone groups is 1. The van der Waals surface area contributed by atoms with Crippen molar-refractivity contribution < 1.29 is 23.4 Å². The van der Waals surface area contributed by atoms with E-state index in [1.54, 1.807) is 0 Å². The number of amides is 1. The molecule has 1 aromatic heterocycles. The Morgan fingerprint density at radius 1 is 1.25 bits per heavy atom. The molecule has 32 heavy (non-hydrogen) atoms. The van der Waals surface area contributed by atoms with Crippen LogP contribution in [0.3, 0.4) is 0 Å². The number of benzene rings is 1. The summed E-state index contributed by atoms with van der Waals surface area (Å²) in [6.07, 6.45) is 8.87. The van der Waals surface area contributed by atoms with E-state index in [2.05, 4.69) is 9.97 Å². The summed E-state index contributed by atoms with van der Waals surface area (Å²) in [6.45, 7) is -0.388. The zero-order chi connectivity index (χ0) is 23.3. The molecular weight excluding hydrogens is 454 g/mol. The third kappa shape index (κ3) is 6.25. The van der Waals surface area contributed by atoms with Crippen LogP contribution in [0.2, 0.25) is 5.02 Å². The lowest BCUT2D eigenvalue weighted by molar-refractivity contribution is -0.118. The van der Waals surface area contributed by atoms with Crippen molar-refractivity contribution in [1.29, 1.82) is 0 Å². The van der Waals surface area contributed by atoms with Gasteiger partial charge in [-0.05, 0) is 30.5 Å². The molecule has 0 aliphatic heterocycles. The SMILES string of the molecule is CS(=O)(=O)c1ccc(N(C(=O)CCC2CCCC2)c2cnc(C[C@H](O)CO)cn2)cc1Cl. The Balaban J connectivity index is 1.90. The Morgan fingerprint density at radius 3 is 2.53 bits per heavy atom. The summed E-state index contributed by atoms with van der Waals surface area (Å²) >= 11 is 6.22. The van der Waals surface area contributed by atoms with Gasteiger partial charge in [0.1, 0.15) is 0 Å². The number of carbonyl (C=O) groups excluding carboxylic acids is 1. The van der Waals surface area contributed by atoms with Gasteiger partial charge in [-0.1, -0.05) is 37.3 Å². The van der Waals surface area contributed by atoms with Crippen LogP contribution in [0.1, 0.15) is 44.2 Å². The quantitative estimate of drug-likeness (QED) is 0.564. The third-order valence-electron chi connectivity index (χ3n) is 5.64. The molecule has 1 fully saturated rings. The maximum atomic E-state index is 13.2. The van der Waals surface area contributed by atoms with E-state index in [0.29, 0.717) is 23.7 Å². The fourth-order valence-electron chi connectivity index (χ4n) is 3.95. The van der Waals surface area contributed by atoms with Crippen LogP contribution in [0.15, 0.2) is 35.5 Å². The molecule has 0 saturated heterocycles. The van der Waals surface area contributed by atoms with Gasteiger partial charge in [0.2, 0.25) is 5.91 Å². The van der Waals surface area contributed by atoms with Gasteiger partial charge in [-0.25, -0.2) is 13.4 Å². The van der Waals surface area contributed by atoms with E-state index in [1.807, 2.05) is 0 Å². The molecule has 0 spiro atoms. The van der Waals surface area contributed by atoms with Gasteiger partial charge in [0, 0.05) is 19.1 Å². The van der Waals surface area contributed by atoms with Gasteiger partial charge in [-0.3, -0.25) is 14.7 Å². The molecule has 1 heterocycles. The number of halogens is 1. The number of anilines is 2. The van der Waals surface area contributed by atoms with Crippen LogP contribution in [0.25, 0.3) is 0 Å². The second-order valence-electron chi connectivity index (χ2n) is 8.21. The van der Waals surface area contributed by atoms with Crippen LogP contribution >= 0.6 is 11.6 Å². The Hall–Kier alpha value is -2.07. The van der Waals surface area contributed by atoms with Gasteiger partial charge in [0.05, 0.1) is 46.4 Å². The van der Waals surface area contributed by atoms with Crippen molar-refractivity contribution in [3.05, 3.63) is 41.3 Å². The summed E-state index contributed by atoms with van der Waals surface area (Å²) in [5.41, 5.74) is 0.871. The van der Waals surface area contributed by atoms with E-state index in [4.69, 9.17) is 16.7 Å². The molecule has 1 atom stereocenters. The van der Waals surface area contributed by atoms with Crippen molar-refractivity contribution in [2.24, 2.45) is 5.92 Å². The van der Waals surface area contributed by atoms with E-state index in [-0.39, 0.29) is 34.7 Å². The molecule has 174 valence electrons. The van der Waals surface area contributed by atoms with E-state index in [9.17, 15) is 18.3 Å². The van der Waals surface area contributed by atoms with Crippen LogP contribution in [0.5, 0.6) is 0 Å². The zero-order valence-electron chi connectivity index (χ0n) is 17.9. The minimum atomic E-state index is -3.51. The van der Waals surface area contributed by atoms with Crippen molar-refractivity contribution in [2.75, 3.05) is 17.8 Å². The molecule has 1 aromatic carbocycles. The molecule has 1 aliphatic rings. The highest BCUT2D eigenvalue weighted by Crippen LogP contribution is 2.33. The van der Waals surface area contributed by atoms with E-state index in [1.165, 1.54) is 48.3 Å². The van der Waals surface area contributed by atoms with Gasteiger partial charge < -0.3 is 10.2 Å². The highest BCUT2D eigenvalue weighted by atomic mass is 35.5. The molecule has 2 N–H and O–H groups in total. The Labute approximate surface area is 193 Å². The van der Waals surface area contributed by atoms with Crippen molar-refractivity contribution >= 4 is 38.9 Å². The van der Waals surface area contributed by atoms with Gasteiger partial charge in [-0.2, -0.15) is 0 Å². The van der Waals surface area contributed by atoms with Gasteiger partial charge >= 0.3 is 0 Å². The van der Waals surface area contributed by atoms with Gasteiger partial charge in [0.15, 0.2) is 15.7 Å². The summed E-state index contributed by atoms with van der Waals surface area (Å²) in [4.78, 5) is 23.2. The first-order chi connectivity index (χ1) is 15.2. The minimum Gasteiger partial charge on any atom is -0.394 e. The van der Waals surface area contributed by atoms with Crippen LogP contribution in [0, 0.1) is 5.92 Å². The summed E-state index contributed by atoms with van der Waals surface area (Å²) in [7, 11) is -3.51. The second kappa shape index (κ2) is 10.7. The second-order valence-corrected chi connectivity index (χ2v) is 10.6. The van der Waals surface area contributed by atoms with Crippen LogP contribution < -0.4 is 4.90 Å². The lowest BCUT2D eigenvalue weighted by Gasteiger charge is -2.23. The number of aromatic nitrogens is 2. The predicted octanol–water partition coefficient (Wildman–Crippen LogP) is 3.06. The Kier molecular flexibility index (Phi) is 8.21. The lowest BCUT2D eigenvalue weighted by Crippen LogP contribution is -2.27. The third-order valence-corrected chi connectivity index (χ3v) is 7.22. The van der Waals surface area contributed by atoms with Crippen molar-refractivity contribution in [2.45, 2.75) is 55.9 Å². The van der Waals surface area contributed by atoms with Crippen LogP contribution in [-0.4, -0.2) is 53.5 Å². The first kappa shape index (κ1) is 24.6. The molecule has 1 amide bonds. The number of carbonyl (C=O) groups is 1. The average molecular weight is 482 g/mol. The highest BCUT2D eigenvalue weighted by Gasteiger charge is 2.24. The summed E-state index contributed by atoms with van der Waals surface area (Å²) in [5.74, 6) is 0.620. The van der Waals surface area contributed by atoms with Crippen molar-refractivity contribution in [3.63, 3.8) is 0 Å². The summed E-state index contributed by atoms with van der Waals surface area (Å²) < 4.78 is 23.8. The van der Waals surface area contributed by atoms with E-state index >= 15 is 0 Å². The largest absolute Gasteiger partial charge is 0.394 e. The molecule has 10 heteroatoms. The van der Waals surface area contributed by atoms with E-state index in [0.717, 1.165) is 25.5 Å². The molecule has 3 rings (SSSR count).